The third-order valence-corrected chi connectivity index (χ3v) is 3.00. The number of amides is 1. The van der Waals surface area contributed by atoms with Gasteiger partial charge in [0.25, 0.3) is 11.6 Å². The number of nitro groups is 1. The van der Waals surface area contributed by atoms with Gasteiger partial charge in [0.2, 0.25) is 0 Å². The minimum Gasteiger partial charge on any atom is -0.494 e. The van der Waals surface area contributed by atoms with E-state index in [4.69, 9.17) is 16.3 Å². The first kappa shape index (κ1) is 15.8. The van der Waals surface area contributed by atoms with Crippen LogP contribution in [-0.4, -0.2) is 27.2 Å². The first-order valence-corrected chi connectivity index (χ1v) is 6.72. The number of nitrogens with one attached hydrogen (secondary N) is 1. The van der Waals surface area contributed by atoms with E-state index in [1.165, 1.54) is 29.1 Å². The lowest BCUT2D eigenvalue weighted by molar-refractivity contribution is -0.384. The molecule has 8 nitrogen and oxygen atoms in total. The lowest BCUT2D eigenvalue weighted by atomic mass is 10.2. The maximum atomic E-state index is 12.1. The first-order valence-electron chi connectivity index (χ1n) is 6.34. The summed E-state index contributed by atoms with van der Waals surface area (Å²) in [6.45, 7) is 2.15. The van der Waals surface area contributed by atoms with Gasteiger partial charge in [-0.3, -0.25) is 19.6 Å². The van der Waals surface area contributed by atoms with Crippen LogP contribution in [0, 0.1) is 10.1 Å². The Hall–Kier alpha value is -2.61. The Morgan fingerprint density at radius 2 is 2.27 bits per heavy atom. The van der Waals surface area contributed by atoms with Crippen molar-refractivity contribution in [2.24, 2.45) is 7.05 Å². The summed E-state index contributed by atoms with van der Waals surface area (Å²) in [5.74, 6) is -0.277. The summed E-state index contributed by atoms with van der Waals surface area (Å²) >= 11 is 5.88. The number of nitro benzene ring substituents is 1. The molecule has 0 saturated heterocycles. The van der Waals surface area contributed by atoms with Crippen molar-refractivity contribution in [3.8, 4) is 5.75 Å². The smallest absolute Gasteiger partial charge is 0.296 e. The molecule has 1 aromatic heterocycles. The van der Waals surface area contributed by atoms with Crippen molar-refractivity contribution in [1.82, 2.24) is 9.78 Å². The zero-order valence-corrected chi connectivity index (χ0v) is 12.6. The van der Waals surface area contributed by atoms with Crippen LogP contribution in [0.1, 0.15) is 17.4 Å². The van der Waals surface area contributed by atoms with Crippen LogP contribution < -0.4 is 10.1 Å². The molecular formula is C13H13ClN4O4. The third-order valence-electron chi connectivity index (χ3n) is 2.72. The van der Waals surface area contributed by atoms with Crippen LogP contribution in [0.5, 0.6) is 5.75 Å². The summed E-state index contributed by atoms with van der Waals surface area (Å²) in [7, 11) is 1.61. The van der Waals surface area contributed by atoms with Crippen LogP contribution in [0.15, 0.2) is 24.4 Å². The maximum absolute atomic E-state index is 12.1. The van der Waals surface area contributed by atoms with Gasteiger partial charge in [0.15, 0.2) is 5.69 Å². The Balaban J connectivity index is 2.30. The second-order valence-electron chi connectivity index (χ2n) is 4.32. The first-order chi connectivity index (χ1) is 10.4. The van der Waals surface area contributed by atoms with Gasteiger partial charge in [-0.1, -0.05) is 11.6 Å². The molecule has 9 heteroatoms. The molecule has 2 rings (SSSR count). The molecule has 1 N–H and O–H groups in total. The van der Waals surface area contributed by atoms with Crippen LogP contribution in [-0.2, 0) is 7.05 Å². The summed E-state index contributed by atoms with van der Waals surface area (Å²) in [5, 5.41) is 17.6. The second kappa shape index (κ2) is 6.44. The molecule has 0 atom stereocenters. The van der Waals surface area contributed by atoms with Crippen LogP contribution >= 0.6 is 11.6 Å². The normalized spacial score (nSPS) is 10.3. The Labute approximate surface area is 130 Å². The number of carbonyl (C=O) groups is 1. The Morgan fingerprint density at radius 1 is 1.55 bits per heavy atom. The minimum atomic E-state index is -0.627. The SMILES string of the molecule is CCOc1ccc(NC(=O)c2nn(C)cc2Cl)c([N+](=O)[O-])c1. The largest absolute Gasteiger partial charge is 0.494 e. The zero-order chi connectivity index (χ0) is 16.3. The Bertz CT molecular complexity index is 729. The molecule has 0 spiro atoms. The fourth-order valence-electron chi connectivity index (χ4n) is 1.82. The van der Waals surface area contributed by atoms with Crippen molar-refractivity contribution < 1.29 is 14.5 Å². The van der Waals surface area contributed by atoms with Crippen LogP contribution in [0.2, 0.25) is 5.02 Å². The molecule has 1 amide bonds. The molecule has 0 fully saturated rings. The zero-order valence-electron chi connectivity index (χ0n) is 11.9. The molecule has 2 aromatic rings. The molecule has 0 bridgehead atoms. The van der Waals surface area contributed by atoms with E-state index in [9.17, 15) is 14.9 Å². The van der Waals surface area contributed by atoms with Gasteiger partial charge in [0.05, 0.1) is 22.6 Å². The summed E-state index contributed by atoms with van der Waals surface area (Å²) in [6.07, 6.45) is 1.46. The van der Waals surface area contributed by atoms with E-state index in [0.717, 1.165) is 0 Å². The predicted molar refractivity (Wildman–Crippen MR) is 80.4 cm³/mol. The molecule has 0 aliphatic carbocycles. The van der Waals surface area contributed by atoms with E-state index in [1.54, 1.807) is 14.0 Å². The topological polar surface area (TPSA) is 99.3 Å². The standard InChI is InChI=1S/C13H13ClN4O4/c1-3-22-8-4-5-10(11(6-8)18(20)21)15-13(19)12-9(14)7-17(2)16-12/h4-7H,3H2,1-2H3,(H,15,19). The Morgan fingerprint density at radius 3 is 2.82 bits per heavy atom. The number of aryl methyl sites for hydroxylation is 1. The van der Waals surface area contributed by atoms with Crippen molar-refractivity contribution in [1.29, 1.82) is 0 Å². The number of hydrogen-bond donors (Lipinski definition) is 1. The van der Waals surface area contributed by atoms with Gasteiger partial charge >= 0.3 is 0 Å². The van der Waals surface area contributed by atoms with E-state index in [1.807, 2.05) is 0 Å². The average Bonchev–Trinajstić information content (AvgIpc) is 2.79. The van der Waals surface area contributed by atoms with Crippen LogP contribution in [0.3, 0.4) is 0 Å². The maximum Gasteiger partial charge on any atom is 0.296 e. The number of halogens is 1. The highest BCUT2D eigenvalue weighted by Gasteiger charge is 2.21. The highest BCUT2D eigenvalue weighted by Crippen LogP contribution is 2.29. The van der Waals surface area contributed by atoms with Crippen molar-refractivity contribution in [3.05, 3.63) is 45.2 Å². The lowest BCUT2D eigenvalue weighted by Crippen LogP contribution is -2.14. The summed E-state index contributed by atoms with van der Waals surface area (Å²) in [4.78, 5) is 22.6. The third kappa shape index (κ3) is 3.34. The van der Waals surface area contributed by atoms with Gasteiger partial charge in [-0.15, -0.1) is 0 Å². The van der Waals surface area contributed by atoms with E-state index in [2.05, 4.69) is 10.4 Å². The molecule has 1 heterocycles. The summed E-state index contributed by atoms with van der Waals surface area (Å²) in [6, 6.07) is 4.18. The molecule has 0 aliphatic heterocycles. The lowest BCUT2D eigenvalue weighted by Gasteiger charge is -2.07. The molecule has 116 valence electrons. The highest BCUT2D eigenvalue weighted by molar-refractivity contribution is 6.34. The molecule has 1 aromatic carbocycles. The van der Waals surface area contributed by atoms with Crippen molar-refractivity contribution in [2.45, 2.75) is 6.92 Å². The summed E-state index contributed by atoms with van der Waals surface area (Å²) < 4.78 is 6.59. The molecule has 22 heavy (non-hydrogen) atoms. The van der Waals surface area contributed by atoms with Crippen molar-refractivity contribution >= 4 is 28.9 Å². The number of aromatic nitrogens is 2. The van der Waals surface area contributed by atoms with Crippen molar-refractivity contribution in [3.63, 3.8) is 0 Å². The summed E-state index contributed by atoms with van der Waals surface area (Å²) in [5.41, 5.74) is -0.237. The Kier molecular flexibility index (Phi) is 4.62. The molecular weight excluding hydrogens is 312 g/mol. The quantitative estimate of drug-likeness (QED) is 0.673. The number of hydrogen-bond acceptors (Lipinski definition) is 5. The van der Waals surface area contributed by atoms with E-state index < -0.39 is 10.8 Å². The average molecular weight is 325 g/mol. The molecule has 0 saturated carbocycles. The van der Waals surface area contributed by atoms with Gasteiger partial charge in [0.1, 0.15) is 11.4 Å². The van der Waals surface area contributed by atoms with E-state index >= 15 is 0 Å². The van der Waals surface area contributed by atoms with Gasteiger partial charge in [-0.25, -0.2) is 0 Å². The van der Waals surface area contributed by atoms with Gasteiger partial charge in [-0.2, -0.15) is 5.10 Å². The monoisotopic (exact) mass is 324 g/mol. The minimum absolute atomic E-state index is 0.00708. The van der Waals surface area contributed by atoms with Gasteiger partial charge in [0, 0.05) is 13.2 Å². The number of ether oxygens (including phenoxy) is 1. The molecule has 0 aliphatic rings. The number of nitrogens with zero attached hydrogens (tertiary/aromatic N) is 3. The van der Waals surface area contributed by atoms with E-state index in [0.29, 0.717) is 12.4 Å². The van der Waals surface area contributed by atoms with Crippen LogP contribution in [0.25, 0.3) is 0 Å². The number of carbonyl (C=O) groups excluding carboxylic acids is 1. The fraction of sp³-hybridized carbons (Fsp3) is 0.231. The molecule has 0 radical (unpaired) electrons. The molecule has 0 unspecified atom stereocenters. The second-order valence-corrected chi connectivity index (χ2v) is 4.73. The van der Waals surface area contributed by atoms with Gasteiger partial charge in [-0.05, 0) is 19.1 Å². The number of benzene rings is 1. The van der Waals surface area contributed by atoms with E-state index in [-0.39, 0.29) is 22.1 Å². The highest BCUT2D eigenvalue weighted by atomic mass is 35.5. The van der Waals surface area contributed by atoms with Crippen molar-refractivity contribution in [2.75, 3.05) is 11.9 Å². The fourth-order valence-corrected chi connectivity index (χ4v) is 2.08. The number of rotatable bonds is 5. The van der Waals surface area contributed by atoms with Gasteiger partial charge < -0.3 is 10.1 Å². The number of anilines is 1. The predicted octanol–water partition coefficient (Wildman–Crippen LogP) is 2.63. The van der Waals surface area contributed by atoms with Crippen LogP contribution in [0.4, 0.5) is 11.4 Å².